The second-order valence-electron chi connectivity index (χ2n) is 2.25. The molecule has 0 aliphatic rings. The largest absolute Gasteiger partial charge is 0.371 e. The maximum atomic E-state index is 11.3. The first kappa shape index (κ1) is 38.1. The van der Waals surface area contributed by atoms with Gasteiger partial charge in [0.05, 0.1) is 20.0 Å². The number of rotatable bonds is 1. The van der Waals surface area contributed by atoms with Gasteiger partial charge in [-0.2, -0.15) is 21.4 Å². The molecule has 1 unspecified atom stereocenters. The van der Waals surface area contributed by atoms with Crippen LogP contribution >= 0.6 is 0 Å². The predicted octanol–water partition coefficient (Wildman–Crippen LogP) is 3.92. The predicted molar refractivity (Wildman–Crippen MR) is 67.5 cm³/mol. The Morgan fingerprint density at radius 2 is 1.05 bits per heavy atom. The van der Waals surface area contributed by atoms with E-state index >= 15 is 0 Å². The van der Waals surface area contributed by atoms with E-state index < -0.39 is 26.9 Å². The van der Waals surface area contributed by atoms with Crippen molar-refractivity contribution < 1.29 is 68.0 Å². The molecule has 0 aromatic rings. The van der Waals surface area contributed by atoms with Gasteiger partial charge in [-0.15, -0.1) is 3.89 Å². The summed E-state index contributed by atoms with van der Waals surface area (Å²) in [4.78, 5) is 0. The van der Waals surface area contributed by atoms with Crippen LogP contribution in [0.25, 0.3) is 0 Å². The number of hydrogen-bond acceptors (Lipinski definition) is 3. The third-order valence-corrected chi connectivity index (χ3v) is 1.28. The van der Waals surface area contributed by atoms with Gasteiger partial charge in [-0.1, -0.05) is 3.89 Å². The van der Waals surface area contributed by atoms with Crippen molar-refractivity contribution in [3.63, 3.8) is 0 Å². The van der Waals surface area contributed by atoms with E-state index in [-0.39, 0.29) is 48.0 Å². The number of alkyl halides is 5. The van der Waals surface area contributed by atoms with Crippen LogP contribution in [0.3, 0.4) is 0 Å². The van der Waals surface area contributed by atoms with E-state index in [4.69, 9.17) is 8.76 Å². The Morgan fingerprint density at radius 1 is 1.00 bits per heavy atom. The van der Waals surface area contributed by atoms with Gasteiger partial charge in [0.2, 0.25) is 0 Å². The minimum Gasteiger partial charge on any atom is -0.280 e. The van der Waals surface area contributed by atoms with Gasteiger partial charge < -0.3 is 0 Å². The fraction of sp³-hybridized carbons (Fsp3) is 1.00. The van der Waals surface area contributed by atoms with Crippen LogP contribution in [-0.2, 0) is 42.8 Å². The average Bonchev–Trinajstić information content (AvgIpc) is 2.16. The molecule has 1 N–H and O–H groups in total. The first-order valence-corrected chi connectivity index (χ1v) is 7.39. The molecular weight excluding hydrogens is 541 g/mol. The van der Waals surface area contributed by atoms with Crippen molar-refractivity contribution >= 4 is 21.7 Å². The molecule has 0 radical (unpaired) electrons. The standard InChI is InChI=1S/C2H3F3O2S.3C2H5F.FHO2S.W/c1-2(3,4)8(5,6)7;3*1-2-3;1-4(2)3;/h1H3;3*2H2,1H3;(H,2,3);. The molecule has 0 spiro atoms. The normalized spacial score (nSPS) is 10.4. The summed E-state index contributed by atoms with van der Waals surface area (Å²) in [6.07, 6.45) is 0. The molecule has 0 heterocycles. The van der Waals surface area contributed by atoms with E-state index in [1.54, 1.807) is 0 Å². The van der Waals surface area contributed by atoms with Crippen LogP contribution in [0.2, 0.25) is 0 Å². The number of hydrogen-bond donors (Lipinski definition) is 1. The topological polar surface area (TPSA) is 71.4 Å². The zero-order chi connectivity index (χ0) is 18.7. The molecule has 0 fully saturated rings. The Labute approximate surface area is 142 Å². The summed E-state index contributed by atoms with van der Waals surface area (Å²) in [6, 6.07) is 0. The van der Waals surface area contributed by atoms with E-state index in [0.29, 0.717) is 0 Å². The van der Waals surface area contributed by atoms with Crippen LogP contribution in [0, 0.1) is 0 Å². The van der Waals surface area contributed by atoms with Gasteiger partial charge in [-0.25, -0.2) is 0 Å². The molecule has 4 nitrogen and oxygen atoms in total. The van der Waals surface area contributed by atoms with Crippen LogP contribution in [0.15, 0.2) is 0 Å². The van der Waals surface area contributed by atoms with E-state index in [1.165, 1.54) is 20.8 Å². The monoisotopic (exact) mass is 560 g/mol. The van der Waals surface area contributed by atoms with Crippen molar-refractivity contribution in [2.24, 2.45) is 0 Å². The van der Waals surface area contributed by atoms with Crippen LogP contribution in [-0.4, -0.2) is 42.5 Å². The molecule has 0 aliphatic heterocycles. The summed E-state index contributed by atoms with van der Waals surface area (Å²) >= 11 is -3.11. The second-order valence-corrected chi connectivity index (χ2v) is 4.26. The molecule has 0 saturated heterocycles. The fourth-order valence-corrected chi connectivity index (χ4v) is 0. The first-order chi connectivity index (χ1) is 9.22. The van der Waals surface area contributed by atoms with Crippen LogP contribution in [0.5, 0.6) is 0 Å². The average molecular weight is 560 g/mol. The molecule has 22 heavy (non-hydrogen) atoms. The Balaban J connectivity index is -0.0000000393. The van der Waals surface area contributed by atoms with E-state index in [0.717, 1.165) is 0 Å². The Morgan fingerprint density at radius 3 is 1.05 bits per heavy atom. The molecule has 0 aromatic carbocycles. The number of halogens is 7. The van der Waals surface area contributed by atoms with Gasteiger partial charge in [0, 0.05) is 28.0 Å². The van der Waals surface area contributed by atoms with Gasteiger partial charge in [0.25, 0.3) is 0 Å². The zero-order valence-electron chi connectivity index (χ0n) is 12.2. The maximum absolute atomic E-state index is 11.3. The van der Waals surface area contributed by atoms with E-state index in [9.17, 15) is 38.1 Å². The van der Waals surface area contributed by atoms with Gasteiger partial charge in [0.1, 0.15) is 0 Å². The molecule has 0 aromatic heterocycles. The SMILES string of the molecule is CC(F)(F)S(=O)(=O)F.CCF.CCF.CCF.O=S(O)F.[W]. The van der Waals surface area contributed by atoms with Crippen LogP contribution < -0.4 is 0 Å². The van der Waals surface area contributed by atoms with Crippen molar-refractivity contribution in [1.29, 1.82) is 0 Å². The minimum atomic E-state index is -5.67. The van der Waals surface area contributed by atoms with Crippen molar-refractivity contribution in [1.82, 2.24) is 0 Å². The Kier molecular flexibility index (Phi) is 45.3. The maximum Gasteiger partial charge on any atom is 0.371 e. The summed E-state index contributed by atoms with van der Waals surface area (Å²) in [7, 11) is -5.67. The van der Waals surface area contributed by atoms with Gasteiger partial charge >= 0.3 is 26.9 Å². The summed E-state index contributed by atoms with van der Waals surface area (Å²) < 4.78 is 108. The zero-order valence-corrected chi connectivity index (χ0v) is 16.7. The molecule has 0 rings (SSSR count). The third kappa shape index (κ3) is 87.7. The van der Waals surface area contributed by atoms with Gasteiger partial charge in [0.15, 0.2) is 0 Å². The summed E-state index contributed by atoms with van der Waals surface area (Å²) in [6.45, 7) is 3.60. The Bertz CT molecular complexity index is 291. The fourth-order valence-electron chi connectivity index (χ4n) is 0. The summed E-state index contributed by atoms with van der Waals surface area (Å²) in [5, 5.41) is -4.26. The van der Waals surface area contributed by atoms with E-state index in [2.05, 4.69) is 0 Å². The van der Waals surface area contributed by atoms with Crippen molar-refractivity contribution in [3.8, 4) is 0 Å². The van der Waals surface area contributed by atoms with Crippen molar-refractivity contribution in [2.45, 2.75) is 32.9 Å². The Hall–Kier alpha value is 0.258. The minimum absolute atomic E-state index is 0. The first-order valence-electron chi connectivity index (χ1n) is 5.00. The van der Waals surface area contributed by atoms with Gasteiger partial charge in [-0.3, -0.25) is 17.7 Å². The molecule has 0 saturated carbocycles. The third-order valence-electron chi connectivity index (χ3n) is 0.428. The molecule has 14 heteroatoms. The molecule has 1 atom stereocenters. The molecule has 0 amide bonds. The summed E-state index contributed by atoms with van der Waals surface area (Å²) in [5.41, 5.74) is 0. The second kappa shape index (κ2) is 26.2. The van der Waals surface area contributed by atoms with Gasteiger partial charge in [-0.05, 0) is 20.8 Å². The summed E-state index contributed by atoms with van der Waals surface area (Å²) in [5.74, 6) is 0. The molecule has 0 aliphatic carbocycles. The van der Waals surface area contributed by atoms with E-state index in [1.807, 2.05) is 0 Å². The quantitative estimate of drug-likeness (QED) is 0.300. The van der Waals surface area contributed by atoms with Crippen molar-refractivity contribution in [2.75, 3.05) is 20.0 Å². The van der Waals surface area contributed by atoms with Crippen LogP contribution in [0.4, 0.5) is 29.7 Å². The molecular formula is C8H19F7O4S2W. The molecule has 0 bridgehead atoms. The van der Waals surface area contributed by atoms with Crippen molar-refractivity contribution in [3.05, 3.63) is 0 Å². The smallest absolute Gasteiger partial charge is 0.280 e. The van der Waals surface area contributed by atoms with Crippen LogP contribution in [0.1, 0.15) is 27.7 Å². The molecule has 142 valence electrons.